The molecule has 2 aromatic rings. The molecule has 0 aliphatic heterocycles. The summed E-state index contributed by atoms with van der Waals surface area (Å²) >= 11 is 0. The lowest BCUT2D eigenvalue weighted by Gasteiger charge is -2.30. The minimum absolute atomic E-state index is 0.228. The second-order valence-corrected chi connectivity index (χ2v) is 8.46. The normalized spacial score (nSPS) is 12.3. The number of hydrogen-bond donors (Lipinski definition) is 1. The van der Waals surface area contributed by atoms with Crippen LogP contribution in [-0.4, -0.2) is 39.8 Å². The van der Waals surface area contributed by atoms with E-state index in [1.165, 1.54) is 17.7 Å². The van der Waals surface area contributed by atoms with Crippen LogP contribution in [0.5, 0.6) is 5.75 Å². The summed E-state index contributed by atoms with van der Waals surface area (Å²) in [5.41, 5.74) is 1.45. The second kappa shape index (κ2) is 10.2. The van der Waals surface area contributed by atoms with E-state index in [1.54, 1.807) is 6.92 Å². The van der Waals surface area contributed by atoms with Gasteiger partial charge in [-0.1, -0.05) is 26.0 Å². The van der Waals surface area contributed by atoms with Crippen molar-refractivity contribution in [1.29, 1.82) is 0 Å². The van der Waals surface area contributed by atoms with E-state index in [-0.39, 0.29) is 25.3 Å². The Hall–Kier alpha value is -2.61. The first-order valence-corrected chi connectivity index (χ1v) is 11.4. The average molecular weight is 423 g/mol. The number of ether oxygens (including phenoxy) is 1. The van der Waals surface area contributed by atoms with Crippen LogP contribution >= 0.6 is 0 Å². The summed E-state index contributed by atoms with van der Waals surface area (Å²) in [5, 5.41) is 2.72. The van der Waals surface area contributed by atoms with Crippen molar-refractivity contribution < 1.29 is 22.3 Å². The highest BCUT2D eigenvalue weighted by Gasteiger charge is 2.31. The molecule has 0 aliphatic carbocycles. The largest absolute Gasteiger partial charge is 0.492 e. The van der Waals surface area contributed by atoms with Gasteiger partial charge in [-0.25, -0.2) is 12.8 Å². The Morgan fingerprint density at radius 3 is 2.24 bits per heavy atom. The zero-order valence-corrected chi connectivity index (χ0v) is 17.7. The van der Waals surface area contributed by atoms with E-state index in [1.807, 2.05) is 24.3 Å². The van der Waals surface area contributed by atoms with Crippen LogP contribution in [0.1, 0.15) is 25.8 Å². The lowest BCUT2D eigenvalue weighted by atomic mass is 10.2. The van der Waals surface area contributed by atoms with Crippen LogP contribution in [0.25, 0.3) is 0 Å². The molecule has 0 radical (unpaired) electrons. The number of aryl methyl sites for hydroxylation is 1. The van der Waals surface area contributed by atoms with Gasteiger partial charge in [0.15, 0.2) is 0 Å². The summed E-state index contributed by atoms with van der Waals surface area (Å²) in [6, 6.07) is 11.8. The van der Waals surface area contributed by atoms with E-state index in [4.69, 9.17) is 4.74 Å². The zero-order valence-electron chi connectivity index (χ0n) is 16.9. The third kappa shape index (κ3) is 6.45. The number of hydrogen-bond acceptors (Lipinski definition) is 4. The fourth-order valence-corrected chi connectivity index (χ4v) is 4.14. The van der Waals surface area contributed by atoms with Gasteiger partial charge in [-0.3, -0.25) is 9.10 Å². The number of nitrogens with zero attached hydrogens (tertiary/aromatic N) is 1. The quantitative estimate of drug-likeness (QED) is 0.597. The van der Waals surface area contributed by atoms with Gasteiger partial charge in [0.1, 0.15) is 24.2 Å². The molecule has 0 saturated carbocycles. The number of anilines is 1. The van der Waals surface area contributed by atoms with Gasteiger partial charge in [0.2, 0.25) is 15.9 Å². The highest BCUT2D eigenvalue weighted by molar-refractivity contribution is 7.92. The molecule has 1 atom stereocenters. The molecule has 0 bridgehead atoms. The monoisotopic (exact) mass is 422 g/mol. The van der Waals surface area contributed by atoms with Crippen LogP contribution in [0, 0.1) is 5.82 Å². The van der Waals surface area contributed by atoms with Crippen LogP contribution in [0.15, 0.2) is 48.5 Å². The SMILES string of the molecule is CCc1ccc(OCCNC(=O)[C@H](CC)N(c2ccc(F)cc2)S(C)(=O)=O)cc1. The molecule has 158 valence electrons. The van der Waals surface area contributed by atoms with Crippen molar-refractivity contribution in [2.75, 3.05) is 23.7 Å². The minimum Gasteiger partial charge on any atom is -0.492 e. The summed E-state index contributed by atoms with van der Waals surface area (Å²) in [7, 11) is -3.75. The third-order valence-electron chi connectivity index (χ3n) is 4.41. The van der Waals surface area contributed by atoms with Gasteiger partial charge in [0.05, 0.1) is 18.5 Å². The number of sulfonamides is 1. The topological polar surface area (TPSA) is 75.7 Å². The van der Waals surface area contributed by atoms with Gasteiger partial charge < -0.3 is 10.1 Å². The van der Waals surface area contributed by atoms with Gasteiger partial charge in [0.25, 0.3) is 0 Å². The van der Waals surface area contributed by atoms with Crippen molar-refractivity contribution in [1.82, 2.24) is 5.32 Å². The lowest BCUT2D eigenvalue weighted by molar-refractivity contribution is -0.122. The predicted molar refractivity (Wildman–Crippen MR) is 112 cm³/mol. The van der Waals surface area contributed by atoms with E-state index >= 15 is 0 Å². The molecule has 0 aromatic heterocycles. The van der Waals surface area contributed by atoms with Gasteiger partial charge in [-0.05, 0) is 54.8 Å². The molecule has 2 aromatic carbocycles. The molecular formula is C21H27FN2O4S. The summed E-state index contributed by atoms with van der Waals surface area (Å²) in [6.45, 7) is 4.27. The molecule has 8 heteroatoms. The highest BCUT2D eigenvalue weighted by atomic mass is 32.2. The standard InChI is InChI=1S/C21H27FN2O4S/c1-4-16-6-12-19(13-7-16)28-15-14-23-21(25)20(5-2)24(29(3,26)27)18-10-8-17(22)9-11-18/h6-13,20H,4-5,14-15H2,1-3H3,(H,23,25)/t20-/m0/s1. The highest BCUT2D eigenvalue weighted by Crippen LogP contribution is 2.22. The van der Waals surface area contributed by atoms with Crippen LogP contribution in [0.4, 0.5) is 10.1 Å². The predicted octanol–water partition coefficient (Wildman–Crippen LogP) is 3.13. The van der Waals surface area contributed by atoms with Crippen molar-refractivity contribution >= 4 is 21.6 Å². The number of benzene rings is 2. The van der Waals surface area contributed by atoms with Crippen LogP contribution in [-0.2, 0) is 21.2 Å². The van der Waals surface area contributed by atoms with Crippen molar-refractivity contribution in [3.63, 3.8) is 0 Å². The Morgan fingerprint density at radius 1 is 1.10 bits per heavy atom. The van der Waals surface area contributed by atoms with Crippen molar-refractivity contribution in [3.8, 4) is 5.75 Å². The lowest BCUT2D eigenvalue weighted by Crippen LogP contribution is -2.50. The first kappa shape index (κ1) is 22.7. The molecule has 0 fully saturated rings. The molecular weight excluding hydrogens is 395 g/mol. The summed E-state index contributed by atoms with van der Waals surface area (Å²) in [5.74, 6) is -0.219. The maximum atomic E-state index is 13.2. The Bertz CT molecular complexity index is 899. The van der Waals surface area contributed by atoms with Crippen LogP contribution < -0.4 is 14.4 Å². The van der Waals surface area contributed by atoms with Gasteiger partial charge in [-0.15, -0.1) is 0 Å². The molecule has 0 heterocycles. The summed E-state index contributed by atoms with van der Waals surface area (Å²) in [4.78, 5) is 12.7. The smallest absolute Gasteiger partial charge is 0.244 e. The molecule has 6 nitrogen and oxygen atoms in total. The molecule has 0 spiro atoms. The summed E-state index contributed by atoms with van der Waals surface area (Å²) in [6.07, 6.45) is 2.23. The second-order valence-electron chi connectivity index (χ2n) is 6.60. The maximum absolute atomic E-state index is 13.2. The molecule has 2 rings (SSSR count). The Balaban J connectivity index is 2.00. The summed E-state index contributed by atoms with van der Waals surface area (Å²) < 4.78 is 44.5. The number of amides is 1. The Labute approximate surface area is 171 Å². The fraction of sp³-hybridized carbons (Fsp3) is 0.381. The van der Waals surface area contributed by atoms with Crippen molar-refractivity contribution in [2.24, 2.45) is 0 Å². The molecule has 1 N–H and O–H groups in total. The average Bonchev–Trinajstić information content (AvgIpc) is 2.69. The van der Waals surface area contributed by atoms with Crippen LogP contribution in [0.3, 0.4) is 0 Å². The van der Waals surface area contributed by atoms with E-state index in [9.17, 15) is 17.6 Å². The molecule has 29 heavy (non-hydrogen) atoms. The van der Waals surface area contributed by atoms with E-state index in [0.717, 1.165) is 29.1 Å². The number of halogens is 1. The molecule has 0 aliphatic rings. The van der Waals surface area contributed by atoms with Crippen molar-refractivity contribution in [2.45, 2.75) is 32.7 Å². The van der Waals surface area contributed by atoms with Gasteiger partial charge in [0, 0.05) is 0 Å². The van der Waals surface area contributed by atoms with Gasteiger partial charge in [-0.2, -0.15) is 0 Å². The Morgan fingerprint density at radius 2 is 1.72 bits per heavy atom. The molecule has 1 amide bonds. The number of carbonyl (C=O) groups is 1. The van der Waals surface area contributed by atoms with E-state index in [2.05, 4.69) is 12.2 Å². The first-order valence-electron chi connectivity index (χ1n) is 9.50. The third-order valence-corrected chi connectivity index (χ3v) is 5.59. The number of rotatable bonds is 10. The minimum atomic E-state index is -3.75. The van der Waals surface area contributed by atoms with Crippen molar-refractivity contribution in [3.05, 3.63) is 59.9 Å². The zero-order chi connectivity index (χ0) is 21.4. The number of nitrogens with one attached hydrogen (secondary N) is 1. The van der Waals surface area contributed by atoms with E-state index < -0.39 is 27.8 Å². The van der Waals surface area contributed by atoms with E-state index in [0.29, 0.717) is 5.75 Å². The fourth-order valence-electron chi connectivity index (χ4n) is 2.93. The maximum Gasteiger partial charge on any atom is 0.244 e. The molecule has 0 unspecified atom stereocenters. The van der Waals surface area contributed by atoms with Gasteiger partial charge >= 0.3 is 0 Å². The molecule has 0 saturated heterocycles. The Kier molecular flexibility index (Phi) is 8.01. The number of carbonyl (C=O) groups excluding carboxylic acids is 1. The van der Waals surface area contributed by atoms with Crippen LogP contribution in [0.2, 0.25) is 0 Å². The first-order chi connectivity index (χ1) is 13.8.